The standard InChI is InChI=1S/C22H24N4O3S2/c1-16-3-6-19(15-17(16)2)24-31(28,29)20-7-4-18(5-8-20)21(27)25-10-12-26(13-11-25)22-23-9-14-30-22/h3-9,14-15,24H,10-13H2,1-2H3. The monoisotopic (exact) mass is 456 g/mol. The fourth-order valence-electron chi connectivity index (χ4n) is 3.45. The number of hydrogen-bond acceptors (Lipinski definition) is 6. The minimum absolute atomic E-state index is 0.0927. The molecule has 7 nitrogen and oxygen atoms in total. The summed E-state index contributed by atoms with van der Waals surface area (Å²) in [5.74, 6) is -0.0927. The first kappa shape index (κ1) is 21.3. The Hall–Kier alpha value is -2.91. The first-order chi connectivity index (χ1) is 14.8. The minimum atomic E-state index is -3.73. The van der Waals surface area contributed by atoms with E-state index >= 15 is 0 Å². The highest BCUT2D eigenvalue weighted by atomic mass is 32.2. The Balaban J connectivity index is 1.41. The molecule has 1 aliphatic rings. The van der Waals surface area contributed by atoms with Gasteiger partial charge >= 0.3 is 0 Å². The van der Waals surface area contributed by atoms with Crippen LogP contribution in [-0.2, 0) is 10.0 Å². The highest BCUT2D eigenvalue weighted by Crippen LogP contribution is 2.22. The molecule has 1 saturated heterocycles. The number of hydrogen-bond donors (Lipinski definition) is 1. The summed E-state index contributed by atoms with van der Waals surface area (Å²) in [5, 5.41) is 2.91. The van der Waals surface area contributed by atoms with E-state index < -0.39 is 10.0 Å². The molecule has 4 rings (SSSR count). The molecule has 1 N–H and O–H groups in total. The highest BCUT2D eigenvalue weighted by Gasteiger charge is 2.24. The van der Waals surface area contributed by atoms with Crippen molar-refractivity contribution >= 4 is 38.1 Å². The third-order valence-electron chi connectivity index (χ3n) is 5.43. The van der Waals surface area contributed by atoms with Crippen LogP contribution in [0.5, 0.6) is 0 Å². The normalized spacial score (nSPS) is 14.5. The number of piperazine rings is 1. The van der Waals surface area contributed by atoms with Crippen LogP contribution in [0.15, 0.2) is 58.9 Å². The number of amides is 1. The van der Waals surface area contributed by atoms with Crippen LogP contribution in [0, 0.1) is 13.8 Å². The molecule has 162 valence electrons. The second kappa shape index (κ2) is 8.68. The van der Waals surface area contributed by atoms with Gasteiger partial charge in [-0.2, -0.15) is 0 Å². The Morgan fingerprint density at radius 2 is 1.71 bits per heavy atom. The third kappa shape index (κ3) is 4.72. The van der Waals surface area contributed by atoms with Gasteiger partial charge in [-0.15, -0.1) is 11.3 Å². The fraction of sp³-hybridized carbons (Fsp3) is 0.273. The number of nitrogens with one attached hydrogen (secondary N) is 1. The number of aromatic nitrogens is 1. The lowest BCUT2D eigenvalue weighted by Crippen LogP contribution is -2.48. The molecule has 1 aromatic heterocycles. The van der Waals surface area contributed by atoms with Crippen LogP contribution in [-0.4, -0.2) is 50.4 Å². The average molecular weight is 457 g/mol. The first-order valence-electron chi connectivity index (χ1n) is 9.97. The predicted molar refractivity (Wildman–Crippen MR) is 123 cm³/mol. The summed E-state index contributed by atoms with van der Waals surface area (Å²) in [5.41, 5.74) is 3.10. The van der Waals surface area contributed by atoms with Gasteiger partial charge in [0.1, 0.15) is 0 Å². The maximum atomic E-state index is 12.8. The summed E-state index contributed by atoms with van der Waals surface area (Å²) in [6.07, 6.45) is 1.78. The molecule has 0 bridgehead atoms. The molecular weight excluding hydrogens is 432 g/mol. The largest absolute Gasteiger partial charge is 0.345 e. The van der Waals surface area contributed by atoms with Crippen molar-refractivity contribution in [2.75, 3.05) is 35.8 Å². The van der Waals surface area contributed by atoms with Crippen molar-refractivity contribution in [3.8, 4) is 0 Å². The Morgan fingerprint density at radius 3 is 2.32 bits per heavy atom. The van der Waals surface area contributed by atoms with E-state index in [1.807, 2.05) is 25.3 Å². The third-order valence-corrected chi connectivity index (χ3v) is 7.66. The lowest BCUT2D eigenvalue weighted by molar-refractivity contribution is 0.0746. The predicted octanol–water partition coefficient (Wildman–Crippen LogP) is 3.52. The fourth-order valence-corrected chi connectivity index (χ4v) is 5.20. The minimum Gasteiger partial charge on any atom is -0.345 e. The Bertz CT molecular complexity index is 1170. The van der Waals surface area contributed by atoms with Gasteiger partial charge in [-0.3, -0.25) is 9.52 Å². The van der Waals surface area contributed by atoms with E-state index in [0.29, 0.717) is 24.3 Å². The summed E-state index contributed by atoms with van der Waals surface area (Å²) in [4.78, 5) is 21.2. The van der Waals surface area contributed by atoms with Gasteiger partial charge in [-0.25, -0.2) is 13.4 Å². The van der Waals surface area contributed by atoms with Crippen molar-refractivity contribution in [3.63, 3.8) is 0 Å². The molecule has 0 spiro atoms. The number of anilines is 2. The van der Waals surface area contributed by atoms with Gasteiger partial charge < -0.3 is 9.80 Å². The van der Waals surface area contributed by atoms with Gasteiger partial charge in [-0.05, 0) is 61.4 Å². The van der Waals surface area contributed by atoms with Crippen LogP contribution in [0.1, 0.15) is 21.5 Å². The van der Waals surface area contributed by atoms with E-state index in [1.165, 1.54) is 12.1 Å². The Morgan fingerprint density at radius 1 is 1.00 bits per heavy atom. The van der Waals surface area contributed by atoms with Crippen molar-refractivity contribution in [2.45, 2.75) is 18.7 Å². The number of nitrogens with zero attached hydrogens (tertiary/aromatic N) is 3. The summed E-state index contributed by atoms with van der Waals surface area (Å²) >= 11 is 1.59. The molecule has 0 atom stereocenters. The van der Waals surface area contributed by atoms with Crippen LogP contribution in [0.2, 0.25) is 0 Å². The second-order valence-electron chi connectivity index (χ2n) is 7.52. The highest BCUT2D eigenvalue weighted by molar-refractivity contribution is 7.92. The SMILES string of the molecule is Cc1ccc(NS(=O)(=O)c2ccc(C(=O)N3CCN(c4nccs4)CC3)cc2)cc1C. The van der Waals surface area contributed by atoms with E-state index in [-0.39, 0.29) is 10.8 Å². The van der Waals surface area contributed by atoms with Gasteiger partial charge in [0.15, 0.2) is 5.13 Å². The lowest BCUT2D eigenvalue weighted by Gasteiger charge is -2.34. The topological polar surface area (TPSA) is 82.6 Å². The molecule has 2 heterocycles. The molecule has 2 aromatic carbocycles. The quantitative estimate of drug-likeness (QED) is 0.635. The van der Waals surface area contributed by atoms with Crippen molar-refractivity contribution in [2.24, 2.45) is 0 Å². The maximum absolute atomic E-state index is 12.8. The summed E-state index contributed by atoms with van der Waals surface area (Å²) in [6, 6.07) is 11.5. The summed E-state index contributed by atoms with van der Waals surface area (Å²) in [6.45, 7) is 6.57. The average Bonchev–Trinajstić information content (AvgIpc) is 3.31. The van der Waals surface area contributed by atoms with E-state index in [0.717, 1.165) is 29.3 Å². The molecule has 0 unspecified atom stereocenters. The Labute approximate surface area is 186 Å². The number of thiazole rings is 1. The molecule has 1 aliphatic heterocycles. The van der Waals surface area contributed by atoms with Crippen LogP contribution in [0.3, 0.4) is 0 Å². The number of rotatable bonds is 5. The van der Waals surface area contributed by atoms with Crippen molar-refractivity contribution in [3.05, 3.63) is 70.7 Å². The van der Waals surface area contributed by atoms with Crippen molar-refractivity contribution < 1.29 is 13.2 Å². The zero-order valence-electron chi connectivity index (χ0n) is 17.4. The van der Waals surface area contributed by atoms with Gasteiger partial charge in [0, 0.05) is 49.0 Å². The van der Waals surface area contributed by atoms with Gasteiger partial charge in [0.05, 0.1) is 4.90 Å². The molecule has 0 radical (unpaired) electrons. The molecule has 3 aromatic rings. The van der Waals surface area contributed by atoms with E-state index in [1.54, 1.807) is 46.7 Å². The molecule has 0 saturated carbocycles. The van der Waals surface area contributed by atoms with E-state index in [4.69, 9.17) is 0 Å². The molecule has 1 amide bonds. The number of carbonyl (C=O) groups excluding carboxylic acids is 1. The molecule has 1 fully saturated rings. The molecule has 31 heavy (non-hydrogen) atoms. The Kier molecular flexibility index (Phi) is 5.97. The van der Waals surface area contributed by atoms with Crippen molar-refractivity contribution in [1.29, 1.82) is 0 Å². The molecule has 9 heteroatoms. The summed E-state index contributed by atoms with van der Waals surface area (Å²) < 4.78 is 28.0. The van der Waals surface area contributed by atoms with Crippen LogP contribution in [0.25, 0.3) is 0 Å². The van der Waals surface area contributed by atoms with Crippen molar-refractivity contribution in [1.82, 2.24) is 9.88 Å². The molecule has 0 aliphatic carbocycles. The maximum Gasteiger partial charge on any atom is 0.261 e. The first-order valence-corrected chi connectivity index (χ1v) is 12.3. The van der Waals surface area contributed by atoms with Crippen LogP contribution in [0.4, 0.5) is 10.8 Å². The number of carbonyl (C=O) groups is 1. The number of sulfonamides is 1. The molecular formula is C22H24N4O3S2. The van der Waals surface area contributed by atoms with Crippen LogP contribution < -0.4 is 9.62 Å². The smallest absolute Gasteiger partial charge is 0.261 e. The van der Waals surface area contributed by atoms with Gasteiger partial charge in [0.25, 0.3) is 15.9 Å². The zero-order valence-corrected chi connectivity index (χ0v) is 19.0. The lowest BCUT2D eigenvalue weighted by atomic mass is 10.1. The van der Waals surface area contributed by atoms with E-state index in [2.05, 4.69) is 14.6 Å². The van der Waals surface area contributed by atoms with E-state index in [9.17, 15) is 13.2 Å². The number of aryl methyl sites for hydroxylation is 2. The summed E-state index contributed by atoms with van der Waals surface area (Å²) in [7, 11) is -3.73. The zero-order chi connectivity index (χ0) is 22.0. The van der Waals surface area contributed by atoms with Gasteiger partial charge in [-0.1, -0.05) is 6.07 Å². The van der Waals surface area contributed by atoms with Crippen LogP contribution >= 0.6 is 11.3 Å². The second-order valence-corrected chi connectivity index (χ2v) is 10.1. The van der Waals surface area contributed by atoms with Gasteiger partial charge in [0.2, 0.25) is 0 Å². The number of benzene rings is 2.